The van der Waals surface area contributed by atoms with E-state index in [1.165, 1.54) is 6.07 Å². The molecule has 0 saturated heterocycles. The average Bonchev–Trinajstić information content (AvgIpc) is 2.56. The Hall–Kier alpha value is -3.40. The van der Waals surface area contributed by atoms with Crippen molar-refractivity contribution in [2.24, 2.45) is 0 Å². The Morgan fingerprint density at radius 1 is 0.458 bits per heavy atom. The third-order valence-electron chi connectivity index (χ3n) is 3.67. The first kappa shape index (κ1) is 15.5. The summed E-state index contributed by atoms with van der Waals surface area (Å²) < 4.78 is 0. The summed E-state index contributed by atoms with van der Waals surface area (Å²) in [6.45, 7) is 0. The van der Waals surface area contributed by atoms with Crippen molar-refractivity contribution in [1.29, 1.82) is 0 Å². The molecule has 0 fully saturated rings. The van der Waals surface area contributed by atoms with E-state index >= 15 is 0 Å². The molecule has 0 heterocycles. The van der Waals surface area contributed by atoms with Crippen molar-refractivity contribution in [3.05, 3.63) is 72.8 Å². The van der Waals surface area contributed by atoms with Crippen LogP contribution in [-0.4, -0.2) is 20.4 Å². The predicted molar refractivity (Wildman–Crippen MR) is 94.6 cm³/mol. The summed E-state index contributed by atoms with van der Waals surface area (Å²) >= 11 is 0. The fraction of sp³-hybridized carbons (Fsp3) is 0. The molecule has 0 aliphatic carbocycles. The second-order valence-corrected chi connectivity index (χ2v) is 5.37. The SMILES string of the molecule is Oc1cc(O)c2ccccc2c1.Oc1cc2ccccc2cc1O. The Labute approximate surface area is 138 Å². The van der Waals surface area contributed by atoms with Crippen molar-refractivity contribution in [1.82, 2.24) is 0 Å². The lowest BCUT2D eigenvalue weighted by atomic mass is 10.1. The van der Waals surface area contributed by atoms with Gasteiger partial charge in [-0.1, -0.05) is 48.5 Å². The second kappa shape index (κ2) is 6.38. The summed E-state index contributed by atoms with van der Waals surface area (Å²) in [7, 11) is 0. The number of benzene rings is 4. The molecule has 0 aliphatic heterocycles. The molecular weight excluding hydrogens is 304 g/mol. The lowest BCUT2D eigenvalue weighted by Gasteiger charge is -2.00. The van der Waals surface area contributed by atoms with Gasteiger partial charge in [-0.2, -0.15) is 0 Å². The average molecular weight is 320 g/mol. The van der Waals surface area contributed by atoms with Gasteiger partial charge in [0.15, 0.2) is 11.5 Å². The molecule has 0 spiro atoms. The first-order chi connectivity index (χ1) is 11.5. The summed E-state index contributed by atoms with van der Waals surface area (Å²) in [5.74, 6) is 0.0548. The second-order valence-electron chi connectivity index (χ2n) is 5.37. The number of hydrogen-bond acceptors (Lipinski definition) is 4. The third kappa shape index (κ3) is 3.17. The summed E-state index contributed by atoms with van der Waals surface area (Å²) in [5, 5.41) is 40.3. The number of phenolic OH excluding ortho intramolecular Hbond substituents is 4. The number of rotatable bonds is 0. The van der Waals surface area contributed by atoms with Gasteiger partial charge in [0.1, 0.15) is 11.5 Å². The van der Waals surface area contributed by atoms with E-state index in [-0.39, 0.29) is 23.0 Å². The molecule has 0 radical (unpaired) electrons. The number of fused-ring (bicyclic) bond motifs is 2. The van der Waals surface area contributed by atoms with Crippen LogP contribution >= 0.6 is 0 Å². The summed E-state index contributed by atoms with van der Waals surface area (Å²) in [6, 6.07) is 21.0. The minimum absolute atomic E-state index is 0.0753. The van der Waals surface area contributed by atoms with Gasteiger partial charge in [0, 0.05) is 11.5 Å². The summed E-state index contributed by atoms with van der Waals surface area (Å²) in [4.78, 5) is 0. The van der Waals surface area contributed by atoms with Crippen LogP contribution in [-0.2, 0) is 0 Å². The van der Waals surface area contributed by atoms with Gasteiger partial charge in [-0.15, -0.1) is 0 Å². The molecule has 0 aromatic heterocycles. The highest BCUT2D eigenvalue weighted by molar-refractivity contribution is 5.89. The molecule has 4 aromatic rings. The van der Waals surface area contributed by atoms with Crippen molar-refractivity contribution >= 4 is 21.5 Å². The minimum atomic E-state index is -0.0753. The minimum Gasteiger partial charge on any atom is -0.508 e. The van der Waals surface area contributed by atoms with Crippen LogP contribution in [0.5, 0.6) is 23.0 Å². The van der Waals surface area contributed by atoms with Gasteiger partial charge < -0.3 is 20.4 Å². The van der Waals surface area contributed by atoms with Crippen LogP contribution in [0.1, 0.15) is 0 Å². The Bertz CT molecular complexity index is 968. The Morgan fingerprint density at radius 2 is 0.958 bits per heavy atom. The first-order valence-electron chi connectivity index (χ1n) is 7.36. The Morgan fingerprint density at radius 3 is 1.54 bits per heavy atom. The molecule has 4 heteroatoms. The van der Waals surface area contributed by atoms with Gasteiger partial charge in [0.05, 0.1) is 0 Å². The first-order valence-corrected chi connectivity index (χ1v) is 7.36. The van der Waals surface area contributed by atoms with Gasteiger partial charge in [-0.05, 0) is 34.4 Å². The van der Waals surface area contributed by atoms with Crippen molar-refractivity contribution in [2.45, 2.75) is 0 Å². The van der Waals surface area contributed by atoms with Crippen LogP contribution in [0.15, 0.2) is 72.8 Å². The van der Waals surface area contributed by atoms with E-state index in [0.29, 0.717) is 0 Å². The van der Waals surface area contributed by atoms with Crippen molar-refractivity contribution in [3.8, 4) is 23.0 Å². The van der Waals surface area contributed by atoms with Gasteiger partial charge in [0.2, 0.25) is 0 Å². The lowest BCUT2D eigenvalue weighted by Crippen LogP contribution is -1.73. The van der Waals surface area contributed by atoms with Crippen LogP contribution < -0.4 is 0 Å². The lowest BCUT2D eigenvalue weighted by molar-refractivity contribution is 0.405. The van der Waals surface area contributed by atoms with Gasteiger partial charge in [-0.3, -0.25) is 0 Å². The molecule has 120 valence electrons. The topological polar surface area (TPSA) is 80.9 Å². The zero-order valence-electron chi connectivity index (χ0n) is 12.7. The molecule has 0 aliphatic rings. The highest BCUT2D eigenvalue weighted by Crippen LogP contribution is 2.30. The molecule has 0 bridgehead atoms. The number of aromatic hydroxyl groups is 4. The van der Waals surface area contributed by atoms with E-state index < -0.39 is 0 Å². The van der Waals surface area contributed by atoms with Gasteiger partial charge >= 0.3 is 0 Å². The van der Waals surface area contributed by atoms with E-state index in [1.54, 1.807) is 18.2 Å². The van der Waals surface area contributed by atoms with E-state index in [0.717, 1.165) is 21.5 Å². The van der Waals surface area contributed by atoms with Crippen LogP contribution in [0, 0.1) is 0 Å². The normalized spacial score (nSPS) is 10.3. The van der Waals surface area contributed by atoms with E-state index in [2.05, 4.69) is 0 Å². The Kier molecular flexibility index (Phi) is 4.12. The highest BCUT2D eigenvalue weighted by Gasteiger charge is 2.00. The molecule has 4 rings (SSSR count). The van der Waals surface area contributed by atoms with E-state index in [4.69, 9.17) is 15.3 Å². The molecule has 4 nitrogen and oxygen atoms in total. The van der Waals surface area contributed by atoms with Crippen molar-refractivity contribution in [2.75, 3.05) is 0 Å². The molecule has 24 heavy (non-hydrogen) atoms. The highest BCUT2D eigenvalue weighted by atomic mass is 16.3. The fourth-order valence-corrected chi connectivity index (χ4v) is 2.49. The van der Waals surface area contributed by atoms with Crippen LogP contribution in [0.3, 0.4) is 0 Å². The zero-order chi connectivity index (χ0) is 17.1. The standard InChI is InChI=1S/2C10H8O2/c11-8-5-7-3-1-2-4-9(7)10(12)6-8;11-9-5-7-3-1-2-4-8(7)6-10(9)12/h2*1-6,11-12H. The number of hydrogen-bond donors (Lipinski definition) is 4. The monoisotopic (exact) mass is 320 g/mol. The van der Waals surface area contributed by atoms with Crippen molar-refractivity contribution in [3.63, 3.8) is 0 Å². The quantitative estimate of drug-likeness (QED) is 0.360. The van der Waals surface area contributed by atoms with E-state index in [1.807, 2.05) is 48.5 Å². The summed E-state index contributed by atoms with van der Waals surface area (Å²) in [5.41, 5.74) is 0. The van der Waals surface area contributed by atoms with E-state index in [9.17, 15) is 5.11 Å². The predicted octanol–water partition coefficient (Wildman–Crippen LogP) is 4.50. The maximum absolute atomic E-state index is 9.39. The van der Waals surface area contributed by atoms with Gasteiger partial charge in [0.25, 0.3) is 0 Å². The molecular formula is C20H16O4. The van der Waals surface area contributed by atoms with Crippen LogP contribution in [0.4, 0.5) is 0 Å². The molecule has 0 amide bonds. The number of phenols is 4. The third-order valence-corrected chi connectivity index (χ3v) is 3.67. The maximum Gasteiger partial charge on any atom is 0.158 e. The maximum atomic E-state index is 9.39. The molecule has 0 saturated carbocycles. The molecule has 4 aromatic carbocycles. The molecule has 4 N–H and O–H groups in total. The smallest absolute Gasteiger partial charge is 0.158 e. The fourth-order valence-electron chi connectivity index (χ4n) is 2.49. The van der Waals surface area contributed by atoms with Crippen molar-refractivity contribution < 1.29 is 20.4 Å². The Balaban J connectivity index is 0.000000141. The summed E-state index contributed by atoms with van der Waals surface area (Å²) in [6.07, 6.45) is 0. The molecule has 0 atom stereocenters. The zero-order valence-corrected chi connectivity index (χ0v) is 12.7. The van der Waals surface area contributed by atoms with Crippen LogP contribution in [0.25, 0.3) is 21.5 Å². The largest absolute Gasteiger partial charge is 0.508 e. The van der Waals surface area contributed by atoms with Gasteiger partial charge in [-0.25, -0.2) is 0 Å². The van der Waals surface area contributed by atoms with Crippen LogP contribution in [0.2, 0.25) is 0 Å². The molecule has 0 unspecified atom stereocenters.